The number of rotatable bonds is 7. The molecule has 1 aromatic carbocycles. The maximum atomic E-state index is 10.8. The third-order valence-corrected chi connectivity index (χ3v) is 5.51. The lowest BCUT2D eigenvalue weighted by Crippen LogP contribution is -2.28. The van der Waals surface area contributed by atoms with Crippen LogP contribution in [0.5, 0.6) is 0 Å². The van der Waals surface area contributed by atoms with Gasteiger partial charge in [0.15, 0.2) is 8.32 Å². The number of hydrogen-bond donors (Lipinski definition) is 0. The molecule has 0 saturated heterocycles. The van der Waals surface area contributed by atoms with E-state index >= 15 is 0 Å². The lowest BCUT2D eigenvalue weighted by atomic mass is 10.0. The molecule has 4 nitrogen and oxygen atoms in total. The summed E-state index contributed by atoms with van der Waals surface area (Å²) in [5.41, 5.74) is 4.88. The molecule has 1 unspecified atom stereocenters. The van der Waals surface area contributed by atoms with E-state index < -0.39 is 16.4 Å². The van der Waals surface area contributed by atoms with E-state index in [1.165, 1.54) is 5.57 Å². The van der Waals surface area contributed by atoms with Gasteiger partial charge in [-0.25, -0.2) is 0 Å². The van der Waals surface area contributed by atoms with E-state index in [2.05, 4.69) is 51.9 Å². The Kier molecular flexibility index (Phi) is 6.50. The van der Waals surface area contributed by atoms with Crippen molar-refractivity contribution < 1.29 is 9.35 Å². The Labute approximate surface area is 141 Å². The largest absolute Gasteiger partial charge is 0.410 e. The molecule has 0 N–H and O–H groups in total. The van der Waals surface area contributed by atoms with Gasteiger partial charge in [0.05, 0.1) is 19.1 Å². The minimum Gasteiger partial charge on any atom is -0.410 e. The van der Waals surface area contributed by atoms with E-state index in [4.69, 9.17) is 4.43 Å². The van der Waals surface area contributed by atoms with Crippen molar-refractivity contribution in [2.45, 2.75) is 58.7 Å². The molecule has 0 amide bonds. The summed E-state index contributed by atoms with van der Waals surface area (Å²) in [5.74, 6) is 0. The summed E-state index contributed by atoms with van der Waals surface area (Å²) in [6.07, 6.45) is 0.807. The van der Waals surface area contributed by atoms with E-state index in [-0.39, 0.29) is 16.7 Å². The third-order valence-electron chi connectivity index (χ3n) is 3.16. The number of hydrogen-bond acceptors (Lipinski definition) is 3. The first kappa shape index (κ1) is 19.8. The normalized spacial score (nSPS) is 14.7. The number of nitrogens with zero attached hydrogens (tertiary/aromatic N) is 1. The minimum absolute atomic E-state index is 0.0323. The first-order valence-electron chi connectivity index (χ1n) is 7.98. The van der Waals surface area contributed by atoms with Crippen molar-refractivity contribution in [3.63, 3.8) is 0 Å². The molecule has 6 heteroatoms. The second-order valence-electron chi connectivity index (χ2n) is 8.13. The summed E-state index contributed by atoms with van der Waals surface area (Å²) >= 11 is 0. The van der Waals surface area contributed by atoms with Crippen LogP contribution in [0.4, 0.5) is 5.69 Å². The van der Waals surface area contributed by atoms with Crippen LogP contribution in [-0.2, 0) is 4.43 Å². The van der Waals surface area contributed by atoms with Crippen molar-refractivity contribution in [1.82, 2.24) is 0 Å². The summed E-state index contributed by atoms with van der Waals surface area (Å²) in [6, 6.07) is 6.77. The molecular weight excluding hydrogens is 322 g/mol. The fourth-order valence-corrected chi connectivity index (χ4v) is 5.22. The van der Waals surface area contributed by atoms with Crippen LogP contribution in [0, 0.1) is 10.1 Å². The predicted octanol–water partition coefficient (Wildman–Crippen LogP) is 5.70. The van der Waals surface area contributed by atoms with Crippen LogP contribution >= 0.6 is 0 Å². The van der Waals surface area contributed by atoms with E-state index in [0.717, 1.165) is 12.0 Å². The molecule has 128 valence electrons. The van der Waals surface area contributed by atoms with Crippen LogP contribution in [-0.4, -0.2) is 21.3 Å². The zero-order valence-corrected chi connectivity index (χ0v) is 17.3. The van der Waals surface area contributed by atoms with Gasteiger partial charge in [-0.05, 0) is 50.7 Å². The van der Waals surface area contributed by atoms with Gasteiger partial charge in [0, 0.05) is 12.1 Å². The zero-order chi connectivity index (χ0) is 17.8. The molecule has 23 heavy (non-hydrogen) atoms. The SMILES string of the molecule is C/C(=C/[Si](C)(C)C)CC(O[Si](C)(C)C)c1ccc([N+](=O)[O-])cc1. The highest BCUT2D eigenvalue weighted by Gasteiger charge is 2.24. The summed E-state index contributed by atoms with van der Waals surface area (Å²) < 4.78 is 6.35. The van der Waals surface area contributed by atoms with Gasteiger partial charge in [-0.1, -0.05) is 30.9 Å². The Balaban J connectivity index is 3.05. The van der Waals surface area contributed by atoms with Gasteiger partial charge in [-0.3, -0.25) is 10.1 Å². The highest BCUT2D eigenvalue weighted by molar-refractivity contribution is 6.81. The fraction of sp³-hybridized carbons (Fsp3) is 0.529. The Morgan fingerprint density at radius 2 is 1.70 bits per heavy atom. The van der Waals surface area contributed by atoms with Crippen LogP contribution < -0.4 is 0 Å². The van der Waals surface area contributed by atoms with Crippen molar-refractivity contribution in [3.05, 3.63) is 51.2 Å². The summed E-state index contributed by atoms with van der Waals surface area (Å²) in [4.78, 5) is 10.5. The second kappa shape index (κ2) is 7.55. The molecular formula is C17H29NO3Si2. The average Bonchev–Trinajstić information content (AvgIpc) is 2.34. The van der Waals surface area contributed by atoms with Crippen molar-refractivity contribution in [3.8, 4) is 0 Å². The molecule has 0 fully saturated rings. The van der Waals surface area contributed by atoms with Crippen molar-refractivity contribution in [2.24, 2.45) is 0 Å². The number of nitro groups is 1. The molecule has 0 bridgehead atoms. The Morgan fingerprint density at radius 3 is 2.09 bits per heavy atom. The first-order chi connectivity index (χ1) is 10.4. The molecule has 0 spiro atoms. The Morgan fingerprint density at radius 1 is 1.17 bits per heavy atom. The van der Waals surface area contributed by atoms with Gasteiger partial charge in [0.2, 0.25) is 0 Å². The van der Waals surface area contributed by atoms with Crippen LogP contribution in [0.3, 0.4) is 0 Å². The number of non-ortho nitro benzene ring substituents is 1. The summed E-state index contributed by atoms with van der Waals surface area (Å²) in [5, 5.41) is 10.8. The maximum Gasteiger partial charge on any atom is 0.269 e. The minimum atomic E-state index is -1.71. The average molecular weight is 352 g/mol. The van der Waals surface area contributed by atoms with Crippen LogP contribution in [0.25, 0.3) is 0 Å². The molecule has 0 aliphatic carbocycles. The molecule has 1 aromatic rings. The second-order valence-corrected chi connectivity index (χ2v) is 17.6. The topological polar surface area (TPSA) is 52.4 Å². The smallest absolute Gasteiger partial charge is 0.269 e. The van der Waals surface area contributed by atoms with E-state index in [1.807, 2.05) is 12.1 Å². The van der Waals surface area contributed by atoms with Gasteiger partial charge < -0.3 is 4.43 Å². The van der Waals surface area contributed by atoms with Gasteiger partial charge in [-0.2, -0.15) is 0 Å². The molecule has 1 atom stereocenters. The number of nitro benzene ring substituents is 1. The van der Waals surface area contributed by atoms with E-state index in [9.17, 15) is 10.1 Å². The van der Waals surface area contributed by atoms with Gasteiger partial charge >= 0.3 is 0 Å². The zero-order valence-electron chi connectivity index (χ0n) is 15.3. The van der Waals surface area contributed by atoms with Crippen molar-refractivity contribution in [2.75, 3.05) is 0 Å². The van der Waals surface area contributed by atoms with Crippen molar-refractivity contribution >= 4 is 22.1 Å². The van der Waals surface area contributed by atoms with Gasteiger partial charge in [0.1, 0.15) is 0 Å². The van der Waals surface area contributed by atoms with E-state index in [0.29, 0.717) is 0 Å². The van der Waals surface area contributed by atoms with Gasteiger partial charge in [-0.15, -0.1) is 0 Å². The molecule has 0 aromatic heterocycles. The van der Waals surface area contributed by atoms with Crippen molar-refractivity contribution in [1.29, 1.82) is 0 Å². The molecule has 0 aliphatic rings. The fourth-order valence-electron chi connectivity index (χ4n) is 2.56. The summed E-state index contributed by atoms with van der Waals surface area (Å²) in [6.45, 7) is 15.6. The van der Waals surface area contributed by atoms with E-state index in [1.54, 1.807) is 12.1 Å². The monoisotopic (exact) mass is 351 g/mol. The quantitative estimate of drug-likeness (QED) is 0.359. The predicted molar refractivity (Wildman–Crippen MR) is 102 cm³/mol. The lowest BCUT2D eigenvalue weighted by molar-refractivity contribution is -0.384. The third kappa shape index (κ3) is 7.72. The summed E-state index contributed by atoms with van der Waals surface area (Å²) in [7, 11) is -2.98. The standard InChI is InChI=1S/C17H29NO3Si2/c1-14(13-22(2,3)4)12-17(21-23(5,6)7)15-8-10-16(11-9-15)18(19)20/h8-11,13,17H,12H2,1-7H3/b14-13-. The molecule has 0 saturated carbocycles. The molecule has 0 aliphatic heterocycles. The van der Waals surface area contributed by atoms with Gasteiger partial charge in [0.25, 0.3) is 5.69 Å². The van der Waals surface area contributed by atoms with Crippen LogP contribution in [0.2, 0.25) is 39.3 Å². The highest BCUT2D eigenvalue weighted by atomic mass is 28.4. The maximum absolute atomic E-state index is 10.8. The molecule has 0 radical (unpaired) electrons. The first-order valence-corrected chi connectivity index (χ1v) is 15.0. The van der Waals surface area contributed by atoms with Crippen LogP contribution in [0.1, 0.15) is 25.0 Å². The highest BCUT2D eigenvalue weighted by Crippen LogP contribution is 2.30. The molecule has 1 rings (SSSR count). The Hall–Kier alpha value is -1.25. The lowest BCUT2D eigenvalue weighted by Gasteiger charge is -2.27. The molecule has 0 heterocycles. The van der Waals surface area contributed by atoms with Crippen LogP contribution in [0.15, 0.2) is 35.5 Å². The number of benzene rings is 1. The Bertz CT molecular complexity index is 569.